The van der Waals surface area contributed by atoms with E-state index in [1.54, 1.807) is 6.92 Å². The number of hydrogen-bond donors (Lipinski definition) is 2. The van der Waals surface area contributed by atoms with Gasteiger partial charge < -0.3 is 5.11 Å². The molecule has 0 amide bonds. The van der Waals surface area contributed by atoms with E-state index in [9.17, 15) is 4.79 Å². The zero-order valence-corrected chi connectivity index (χ0v) is 8.75. The topological polar surface area (TPSA) is 57.5 Å². The molecule has 0 aromatic rings. The summed E-state index contributed by atoms with van der Waals surface area (Å²) in [5.41, 5.74) is 0. The van der Waals surface area contributed by atoms with Crippen molar-refractivity contribution in [2.45, 2.75) is 23.9 Å². The first-order chi connectivity index (χ1) is 4.54. The van der Waals surface area contributed by atoms with Gasteiger partial charge in [-0.2, -0.15) is 0 Å². The molecular formula is C6H13O3Zr. The quantitative estimate of drug-likeness (QED) is 0.730. The summed E-state index contributed by atoms with van der Waals surface area (Å²) in [7, 11) is 0. The van der Waals surface area contributed by atoms with Crippen molar-refractivity contribution in [1.29, 1.82) is 0 Å². The first-order valence-corrected chi connectivity index (χ1v) is 4.50. The number of hydrogen-bond acceptors (Lipinski definition) is 2. The van der Waals surface area contributed by atoms with Crippen LogP contribution in [0.25, 0.3) is 0 Å². The van der Waals surface area contributed by atoms with Crippen LogP contribution < -0.4 is 0 Å². The molecule has 0 aliphatic rings. The van der Waals surface area contributed by atoms with Crippen LogP contribution in [0.4, 0.5) is 0 Å². The second kappa shape index (κ2) is 9.31. The van der Waals surface area contributed by atoms with Crippen LogP contribution in [0.1, 0.15) is 20.3 Å². The molecule has 0 spiro atoms. The van der Waals surface area contributed by atoms with E-state index in [4.69, 9.17) is 10.2 Å². The predicted molar refractivity (Wildman–Crippen MR) is 34.4 cm³/mol. The molecule has 0 radical (unpaired) electrons. The standard InChI is InChI=1S/C4H7O2.C2H6O.Zr/c1-2-3-4(5)6;1-2-3;/h2H,3H2,1H3,(H,5,6);3H,2H2,1H3;. The van der Waals surface area contributed by atoms with Gasteiger partial charge in [0.15, 0.2) is 0 Å². The molecule has 0 saturated carbocycles. The number of carboxylic acid groups (broad SMARTS) is 1. The Balaban J connectivity index is 0. The number of aliphatic carboxylic acids is 1. The fourth-order valence-electron chi connectivity index (χ4n) is 0.262. The zero-order chi connectivity index (χ0) is 8.57. The van der Waals surface area contributed by atoms with Crippen LogP contribution in [0.15, 0.2) is 0 Å². The average molecular weight is 224 g/mol. The van der Waals surface area contributed by atoms with Crippen LogP contribution in [0.2, 0.25) is 3.63 Å². The van der Waals surface area contributed by atoms with Crippen molar-refractivity contribution in [3.05, 3.63) is 0 Å². The van der Waals surface area contributed by atoms with Gasteiger partial charge in [0.05, 0.1) is 0 Å². The zero-order valence-electron chi connectivity index (χ0n) is 6.29. The number of rotatable bonds is 2. The molecule has 0 rings (SSSR count). The summed E-state index contributed by atoms with van der Waals surface area (Å²) < 4.78 is 0.365. The van der Waals surface area contributed by atoms with Crippen LogP contribution in [-0.2, 0) is 29.5 Å². The van der Waals surface area contributed by atoms with E-state index in [2.05, 4.69) is 0 Å². The minimum atomic E-state index is -0.690. The summed E-state index contributed by atoms with van der Waals surface area (Å²) in [6, 6.07) is 0. The van der Waals surface area contributed by atoms with E-state index < -0.39 is 5.97 Å². The van der Waals surface area contributed by atoms with Gasteiger partial charge in [-0.15, -0.1) is 0 Å². The Labute approximate surface area is 76.3 Å². The molecule has 0 aliphatic heterocycles. The van der Waals surface area contributed by atoms with Gasteiger partial charge in [-0.1, -0.05) is 0 Å². The van der Waals surface area contributed by atoms with Crippen molar-refractivity contribution in [3.63, 3.8) is 0 Å². The first kappa shape index (κ1) is 12.9. The maximum atomic E-state index is 9.82. The second-order valence-electron chi connectivity index (χ2n) is 1.82. The van der Waals surface area contributed by atoms with Gasteiger partial charge in [0, 0.05) is 6.61 Å². The molecule has 2 N–H and O–H groups in total. The van der Waals surface area contributed by atoms with Crippen molar-refractivity contribution in [2.24, 2.45) is 0 Å². The summed E-state index contributed by atoms with van der Waals surface area (Å²) in [6.45, 7) is 3.85. The molecule has 0 heterocycles. The number of carbonyl (C=O) groups is 1. The maximum absolute atomic E-state index is 9.82. The van der Waals surface area contributed by atoms with E-state index in [1.165, 1.54) is 24.7 Å². The monoisotopic (exact) mass is 223 g/mol. The van der Waals surface area contributed by atoms with Gasteiger partial charge in [-0.3, -0.25) is 0 Å². The summed E-state index contributed by atoms with van der Waals surface area (Å²) in [5.74, 6) is -0.690. The van der Waals surface area contributed by atoms with Crippen LogP contribution in [-0.4, -0.2) is 22.8 Å². The van der Waals surface area contributed by atoms with Crippen LogP contribution in [0, 0.1) is 0 Å². The summed E-state index contributed by atoms with van der Waals surface area (Å²) >= 11 is 1.30. The van der Waals surface area contributed by atoms with E-state index >= 15 is 0 Å². The number of carboxylic acids is 1. The van der Waals surface area contributed by atoms with E-state index in [0.29, 0.717) is 10.0 Å². The average Bonchev–Trinajstić information content (AvgIpc) is 1.62. The predicted octanol–water partition coefficient (Wildman–Crippen LogP) is 0.815. The third-order valence-corrected chi connectivity index (χ3v) is 0.983. The molecule has 0 fully saturated rings. The van der Waals surface area contributed by atoms with Gasteiger partial charge in [0.25, 0.3) is 0 Å². The van der Waals surface area contributed by atoms with Crippen molar-refractivity contribution in [1.82, 2.24) is 0 Å². The van der Waals surface area contributed by atoms with E-state index in [1.807, 2.05) is 6.92 Å². The Kier molecular flexibility index (Phi) is 12.1. The van der Waals surface area contributed by atoms with Crippen molar-refractivity contribution < 1.29 is 39.7 Å². The molecule has 59 valence electrons. The summed E-state index contributed by atoms with van der Waals surface area (Å²) in [4.78, 5) is 9.82. The minimum absolute atomic E-state index is 0.250. The summed E-state index contributed by atoms with van der Waals surface area (Å²) in [6.07, 6.45) is 0.318. The molecule has 10 heavy (non-hydrogen) atoms. The van der Waals surface area contributed by atoms with E-state index in [0.717, 1.165) is 0 Å². The molecule has 1 unspecified atom stereocenters. The molecule has 0 aliphatic carbocycles. The van der Waals surface area contributed by atoms with Crippen LogP contribution in [0.3, 0.4) is 0 Å². The van der Waals surface area contributed by atoms with Crippen molar-refractivity contribution in [2.75, 3.05) is 6.61 Å². The van der Waals surface area contributed by atoms with Crippen LogP contribution >= 0.6 is 0 Å². The molecular weight excluding hydrogens is 211 g/mol. The summed E-state index contributed by atoms with van der Waals surface area (Å²) in [5, 5.41) is 15.7. The Morgan fingerprint density at radius 3 is 2.00 bits per heavy atom. The Morgan fingerprint density at radius 1 is 1.70 bits per heavy atom. The molecule has 1 atom stereocenters. The molecule has 0 aromatic heterocycles. The normalized spacial score (nSPS) is 11.0. The fourth-order valence-corrected chi connectivity index (χ4v) is 0.691. The van der Waals surface area contributed by atoms with Gasteiger partial charge in [-0.25, -0.2) is 0 Å². The van der Waals surface area contributed by atoms with Gasteiger partial charge in [0.1, 0.15) is 0 Å². The molecule has 0 saturated heterocycles. The van der Waals surface area contributed by atoms with Crippen molar-refractivity contribution in [3.8, 4) is 0 Å². The van der Waals surface area contributed by atoms with Crippen molar-refractivity contribution >= 4 is 5.97 Å². The SMILES string of the molecule is CCO.C[CH]([Zr])CC(=O)O. The number of aliphatic hydroxyl groups excluding tert-OH is 1. The van der Waals surface area contributed by atoms with Gasteiger partial charge >= 0.3 is 57.6 Å². The Hall–Kier alpha value is 0.313. The molecule has 3 nitrogen and oxygen atoms in total. The third kappa shape index (κ3) is 23.9. The Bertz CT molecular complexity index is 83.1. The number of aliphatic hydroxyl groups is 1. The molecule has 0 aromatic carbocycles. The Morgan fingerprint density at radius 2 is 2.00 bits per heavy atom. The first-order valence-electron chi connectivity index (χ1n) is 3.08. The van der Waals surface area contributed by atoms with E-state index in [-0.39, 0.29) is 6.61 Å². The molecule has 0 bridgehead atoms. The fraction of sp³-hybridized carbons (Fsp3) is 0.833. The third-order valence-electron chi connectivity index (χ3n) is 0.481. The second-order valence-corrected chi connectivity index (χ2v) is 4.24. The molecule has 4 heteroatoms. The van der Waals surface area contributed by atoms with Gasteiger partial charge in [0.2, 0.25) is 0 Å². The van der Waals surface area contributed by atoms with Crippen LogP contribution in [0.5, 0.6) is 0 Å². The van der Waals surface area contributed by atoms with Gasteiger partial charge in [-0.05, 0) is 6.92 Å².